The molecule has 1 amide bonds. The highest BCUT2D eigenvalue weighted by Crippen LogP contribution is 2.28. The molecule has 1 aromatic rings. The highest BCUT2D eigenvalue weighted by Gasteiger charge is 2.29. The van der Waals surface area contributed by atoms with Gasteiger partial charge in [-0.15, -0.1) is 0 Å². The topological polar surface area (TPSA) is 29.5 Å². The predicted molar refractivity (Wildman–Crippen MR) is 66.6 cm³/mol. The van der Waals surface area contributed by atoms with Crippen molar-refractivity contribution < 1.29 is 9.53 Å². The standard InChI is InChI=1S/C14H17NO2/c1-11-8-13(9-11)15(2)14(16)17-10-12-6-4-3-5-7-12/h3-7,13H,1,8-10H2,2H3. The van der Waals surface area contributed by atoms with E-state index in [1.165, 1.54) is 5.57 Å². The molecule has 1 aliphatic carbocycles. The van der Waals surface area contributed by atoms with Gasteiger partial charge >= 0.3 is 6.09 Å². The maximum atomic E-state index is 11.7. The van der Waals surface area contributed by atoms with E-state index in [4.69, 9.17) is 4.74 Å². The van der Waals surface area contributed by atoms with Crippen LogP contribution in [0.1, 0.15) is 18.4 Å². The first-order valence-corrected chi connectivity index (χ1v) is 5.77. The lowest BCUT2D eigenvalue weighted by molar-refractivity contribution is 0.0842. The van der Waals surface area contributed by atoms with Crippen LogP contribution in [0.3, 0.4) is 0 Å². The van der Waals surface area contributed by atoms with Crippen LogP contribution in [0, 0.1) is 0 Å². The summed E-state index contributed by atoms with van der Waals surface area (Å²) in [6.07, 6.45) is 1.54. The zero-order valence-electron chi connectivity index (χ0n) is 10.1. The molecule has 1 aromatic carbocycles. The normalized spacial score (nSPS) is 15.2. The van der Waals surface area contributed by atoms with E-state index in [-0.39, 0.29) is 12.1 Å². The Hall–Kier alpha value is -1.77. The Labute approximate surface area is 102 Å². The Morgan fingerprint density at radius 3 is 2.65 bits per heavy atom. The molecule has 1 saturated carbocycles. The van der Waals surface area contributed by atoms with Crippen LogP contribution in [0.4, 0.5) is 4.79 Å². The first-order chi connectivity index (χ1) is 8.16. The third-order valence-corrected chi connectivity index (χ3v) is 3.09. The van der Waals surface area contributed by atoms with Crippen LogP contribution >= 0.6 is 0 Å². The van der Waals surface area contributed by atoms with Gasteiger partial charge in [0.2, 0.25) is 0 Å². The minimum atomic E-state index is -0.258. The van der Waals surface area contributed by atoms with E-state index in [0.717, 1.165) is 18.4 Å². The molecule has 2 rings (SSSR count). The molecule has 0 aromatic heterocycles. The van der Waals surface area contributed by atoms with E-state index in [9.17, 15) is 4.79 Å². The number of benzene rings is 1. The van der Waals surface area contributed by atoms with E-state index in [1.54, 1.807) is 11.9 Å². The first-order valence-electron chi connectivity index (χ1n) is 5.77. The maximum Gasteiger partial charge on any atom is 0.410 e. The van der Waals surface area contributed by atoms with Gasteiger partial charge in [-0.3, -0.25) is 0 Å². The van der Waals surface area contributed by atoms with Crippen molar-refractivity contribution in [2.24, 2.45) is 0 Å². The first kappa shape index (κ1) is 11.7. The highest BCUT2D eigenvalue weighted by atomic mass is 16.6. The van der Waals surface area contributed by atoms with Gasteiger partial charge < -0.3 is 9.64 Å². The Kier molecular flexibility index (Phi) is 3.47. The molecule has 0 unspecified atom stereocenters. The highest BCUT2D eigenvalue weighted by molar-refractivity contribution is 5.68. The Bertz CT molecular complexity index is 405. The second-order valence-corrected chi connectivity index (χ2v) is 4.46. The van der Waals surface area contributed by atoms with Crippen LogP contribution in [-0.2, 0) is 11.3 Å². The fourth-order valence-corrected chi connectivity index (χ4v) is 1.85. The zero-order chi connectivity index (χ0) is 12.3. The van der Waals surface area contributed by atoms with Gasteiger partial charge in [0.1, 0.15) is 6.61 Å². The van der Waals surface area contributed by atoms with Crippen molar-refractivity contribution in [3.63, 3.8) is 0 Å². The molecule has 1 aliphatic rings. The maximum absolute atomic E-state index is 11.7. The third kappa shape index (κ3) is 2.87. The van der Waals surface area contributed by atoms with Crippen molar-refractivity contribution in [2.75, 3.05) is 7.05 Å². The molecule has 0 aliphatic heterocycles. The molecular weight excluding hydrogens is 214 g/mol. The lowest BCUT2D eigenvalue weighted by atomic mass is 9.87. The van der Waals surface area contributed by atoms with Crippen LogP contribution < -0.4 is 0 Å². The number of hydrogen-bond acceptors (Lipinski definition) is 2. The summed E-state index contributed by atoms with van der Waals surface area (Å²) >= 11 is 0. The van der Waals surface area contributed by atoms with Gasteiger partial charge in [0, 0.05) is 13.1 Å². The minimum absolute atomic E-state index is 0.258. The molecule has 0 radical (unpaired) electrons. The van der Waals surface area contributed by atoms with Crippen LogP contribution in [0.25, 0.3) is 0 Å². The summed E-state index contributed by atoms with van der Waals surface area (Å²) in [5.74, 6) is 0. The largest absolute Gasteiger partial charge is 0.445 e. The van der Waals surface area contributed by atoms with Gasteiger partial charge in [0.25, 0.3) is 0 Å². The fraction of sp³-hybridized carbons (Fsp3) is 0.357. The minimum Gasteiger partial charge on any atom is -0.445 e. The summed E-state index contributed by atoms with van der Waals surface area (Å²) in [7, 11) is 1.78. The van der Waals surface area contributed by atoms with Gasteiger partial charge in [-0.1, -0.05) is 42.5 Å². The molecule has 0 spiro atoms. The number of ether oxygens (including phenoxy) is 1. The van der Waals surface area contributed by atoms with Crippen molar-refractivity contribution in [1.82, 2.24) is 4.90 Å². The van der Waals surface area contributed by atoms with Crippen molar-refractivity contribution in [2.45, 2.75) is 25.5 Å². The van der Waals surface area contributed by atoms with Gasteiger partial charge in [0.05, 0.1) is 0 Å². The molecule has 0 N–H and O–H groups in total. The van der Waals surface area contributed by atoms with Crippen LogP contribution in [-0.4, -0.2) is 24.1 Å². The molecule has 1 fully saturated rings. The Morgan fingerprint density at radius 1 is 1.41 bits per heavy atom. The smallest absolute Gasteiger partial charge is 0.410 e. The predicted octanol–water partition coefficient (Wildman–Crippen LogP) is 2.97. The third-order valence-electron chi connectivity index (χ3n) is 3.09. The second kappa shape index (κ2) is 5.04. The van der Waals surface area contributed by atoms with Crippen molar-refractivity contribution in [1.29, 1.82) is 0 Å². The molecule has 0 bridgehead atoms. The summed E-state index contributed by atoms with van der Waals surface area (Å²) in [5, 5.41) is 0. The average Bonchev–Trinajstić information content (AvgIpc) is 2.32. The second-order valence-electron chi connectivity index (χ2n) is 4.46. The van der Waals surface area contributed by atoms with Gasteiger partial charge in [-0.05, 0) is 18.4 Å². The Balaban J connectivity index is 1.79. The number of hydrogen-bond donors (Lipinski definition) is 0. The van der Waals surface area contributed by atoms with Gasteiger partial charge in [-0.25, -0.2) is 4.79 Å². The van der Waals surface area contributed by atoms with Crippen LogP contribution in [0.15, 0.2) is 42.5 Å². The summed E-state index contributed by atoms with van der Waals surface area (Å²) in [6.45, 7) is 4.20. The van der Waals surface area contributed by atoms with Gasteiger partial charge in [-0.2, -0.15) is 0 Å². The van der Waals surface area contributed by atoms with Crippen LogP contribution in [0.2, 0.25) is 0 Å². The number of amides is 1. The number of nitrogens with zero attached hydrogens (tertiary/aromatic N) is 1. The summed E-state index contributed by atoms with van der Waals surface area (Å²) < 4.78 is 5.24. The molecule has 90 valence electrons. The van der Waals surface area contributed by atoms with E-state index in [0.29, 0.717) is 6.61 Å². The molecule has 3 heteroatoms. The van der Waals surface area contributed by atoms with Crippen molar-refractivity contribution >= 4 is 6.09 Å². The molecule has 0 heterocycles. The number of carbonyl (C=O) groups excluding carboxylic acids is 1. The Morgan fingerprint density at radius 2 is 2.06 bits per heavy atom. The quantitative estimate of drug-likeness (QED) is 0.748. The molecule has 3 nitrogen and oxygen atoms in total. The van der Waals surface area contributed by atoms with E-state index in [2.05, 4.69) is 6.58 Å². The number of rotatable bonds is 3. The van der Waals surface area contributed by atoms with E-state index < -0.39 is 0 Å². The lowest BCUT2D eigenvalue weighted by Crippen LogP contribution is -2.42. The zero-order valence-corrected chi connectivity index (χ0v) is 10.1. The van der Waals surface area contributed by atoms with Crippen molar-refractivity contribution in [3.8, 4) is 0 Å². The van der Waals surface area contributed by atoms with Crippen LogP contribution in [0.5, 0.6) is 0 Å². The molecule has 17 heavy (non-hydrogen) atoms. The lowest BCUT2D eigenvalue weighted by Gasteiger charge is -2.35. The van der Waals surface area contributed by atoms with Crippen molar-refractivity contribution in [3.05, 3.63) is 48.0 Å². The fourth-order valence-electron chi connectivity index (χ4n) is 1.85. The van der Waals surface area contributed by atoms with E-state index >= 15 is 0 Å². The monoisotopic (exact) mass is 231 g/mol. The number of carbonyl (C=O) groups is 1. The van der Waals surface area contributed by atoms with Gasteiger partial charge in [0.15, 0.2) is 0 Å². The summed E-state index contributed by atoms with van der Waals surface area (Å²) in [5.41, 5.74) is 2.21. The average molecular weight is 231 g/mol. The summed E-state index contributed by atoms with van der Waals surface area (Å²) in [6, 6.07) is 9.96. The molecule has 0 atom stereocenters. The molecule has 0 saturated heterocycles. The molecular formula is C14H17NO2. The summed E-state index contributed by atoms with van der Waals surface area (Å²) in [4.78, 5) is 13.4. The SMILES string of the molecule is C=C1CC(N(C)C(=O)OCc2ccccc2)C1. The van der Waals surface area contributed by atoms with E-state index in [1.807, 2.05) is 30.3 Å².